The number of ether oxygens (including phenoxy) is 3. The van der Waals surface area contributed by atoms with E-state index < -0.39 is 5.60 Å². The van der Waals surface area contributed by atoms with E-state index in [1.165, 1.54) is 33.4 Å². The lowest BCUT2D eigenvalue weighted by Crippen LogP contribution is -2.42. The van der Waals surface area contributed by atoms with Crippen LogP contribution in [0.3, 0.4) is 0 Å². The monoisotopic (exact) mass is 456 g/mol. The van der Waals surface area contributed by atoms with Crippen molar-refractivity contribution in [2.24, 2.45) is 0 Å². The van der Waals surface area contributed by atoms with Crippen molar-refractivity contribution in [3.8, 4) is 22.6 Å². The molecule has 3 aromatic rings. The number of allylic oxidation sites excluding steroid dienone is 1. The first-order valence-corrected chi connectivity index (χ1v) is 11.9. The van der Waals surface area contributed by atoms with E-state index in [0.717, 1.165) is 12.2 Å². The van der Waals surface area contributed by atoms with E-state index in [4.69, 9.17) is 14.2 Å². The highest BCUT2D eigenvalue weighted by Gasteiger charge is 2.35. The number of rotatable bonds is 9. The van der Waals surface area contributed by atoms with Crippen molar-refractivity contribution < 1.29 is 19.0 Å². The van der Waals surface area contributed by atoms with Gasteiger partial charge in [0, 0.05) is 0 Å². The fourth-order valence-electron chi connectivity index (χ4n) is 4.18. The van der Waals surface area contributed by atoms with Crippen molar-refractivity contribution in [3.05, 3.63) is 89.5 Å². The minimum absolute atomic E-state index is 0.330. The Hall–Kier alpha value is -3.53. The zero-order valence-corrected chi connectivity index (χ0v) is 20.4. The van der Waals surface area contributed by atoms with E-state index in [1.807, 2.05) is 31.2 Å². The fraction of sp³-hybridized carbons (Fsp3) is 0.300. The SMILES string of the molecule is CCOC(=O)C(C)(CC)Oc1ccc(OCC=C(C)c2ccc3c(c2)Cc2ccccc2-3)cc1. The summed E-state index contributed by atoms with van der Waals surface area (Å²) in [6.07, 6.45) is 3.61. The molecule has 0 aliphatic heterocycles. The van der Waals surface area contributed by atoms with Crippen molar-refractivity contribution >= 4 is 11.5 Å². The lowest BCUT2D eigenvalue weighted by atomic mass is 10.00. The van der Waals surface area contributed by atoms with Crippen molar-refractivity contribution in [1.29, 1.82) is 0 Å². The van der Waals surface area contributed by atoms with Crippen LogP contribution in [0.5, 0.6) is 11.5 Å². The van der Waals surface area contributed by atoms with Crippen molar-refractivity contribution in [3.63, 3.8) is 0 Å². The van der Waals surface area contributed by atoms with E-state index in [1.54, 1.807) is 13.8 Å². The summed E-state index contributed by atoms with van der Waals surface area (Å²) in [5, 5.41) is 0. The normalized spacial score (nSPS) is 14.1. The Morgan fingerprint density at radius 2 is 1.65 bits per heavy atom. The van der Waals surface area contributed by atoms with E-state index in [9.17, 15) is 4.79 Å². The third kappa shape index (κ3) is 5.01. The van der Waals surface area contributed by atoms with Crippen molar-refractivity contribution in [2.45, 2.75) is 46.1 Å². The number of benzene rings is 3. The van der Waals surface area contributed by atoms with Gasteiger partial charge in [0.25, 0.3) is 0 Å². The fourth-order valence-corrected chi connectivity index (χ4v) is 4.18. The highest BCUT2D eigenvalue weighted by atomic mass is 16.6. The topological polar surface area (TPSA) is 44.8 Å². The van der Waals surface area contributed by atoms with Gasteiger partial charge in [0.05, 0.1) is 6.61 Å². The summed E-state index contributed by atoms with van der Waals surface area (Å²) in [6, 6.07) is 22.7. The standard InChI is InChI=1S/C30H32O4/c1-5-30(4,29(31)32-6-2)34-26-14-12-25(13-15-26)33-18-17-21(3)22-11-16-28-24(19-22)20-23-9-7-8-10-27(23)28/h7-17,19H,5-6,18,20H2,1-4H3. The highest BCUT2D eigenvalue weighted by molar-refractivity contribution is 5.80. The molecule has 4 heteroatoms. The summed E-state index contributed by atoms with van der Waals surface area (Å²) in [7, 11) is 0. The lowest BCUT2D eigenvalue weighted by Gasteiger charge is -2.27. The zero-order valence-electron chi connectivity index (χ0n) is 20.4. The van der Waals surface area contributed by atoms with Crippen molar-refractivity contribution in [1.82, 2.24) is 0 Å². The first-order valence-electron chi connectivity index (χ1n) is 11.9. The largest absolute Gasteiger partial charge is 0.490 e. The molecule has 4 nitrogen and oxygen atoms in total. The van der Waals surface area contributed by atoms with Crippen LogP contribution in [-0.4, -0.2) is 24.8 Å². The Morgan fingerprint density at radius 3 is 2.38 bits per heavy atom. The number of fused-ring (bicyclic) bond motifs is 3. The Morgan fingerprint density at radius 1 is 0.941 bits per heavy atom. The predicted molar refractivity (Wildman–Crippen MR) is 136 cm³/mol. The molecule has 1 aliphatic carbocycles. The van der Waals surface area contributed by atoms with Gasteiger partial charge in [-0.05, 0) is 97.3 Å². The third-order valence-corrected chi connectivity index (χ3v) is 6.44. The van der Waals surface area contributed by atoms with E-state index in [-0.39, 0.29) is 5.97 Å². The molecule has 0 saturated heterocycles. The molecular formula is C30H32O4. The second kappa shape index (κ2) is 10.2. The number of carbonyl (C=O) groups is 1. The molecule has 0 spiro atoms. The summed E-state index contributed by atoms with van der Waals surface area (Å²) in [6.45, 7) is 8.36. The van der Waals surface area contributed by atoms with Gasteiger partial charge in [0.1, 0.15) is 18.1 Å². The molecule has 0 amide bonds. The first-order chi connectivity index (χ1) is 16.4. The molecule has 0 heterocycles. The van der Waals surface area contributed by atoms with Gasteiger partial charge in [-0.3, -0.25) is 0 Å². The molecular weight excluding hydrogens is 424 g/mol. The number of carbonyl (C=O) groups excluding carboxylic acids is 1. The van der Waals surface area contributed by atoms with Gasteiger partial charge in [-0.15, -0.1) is 0 Å². The molecule has 1 atom stereocenters. The van der Waals surface area contributed by atoms with E-state index >= 15 is 0 Å². The Kier molecular flexibility index (Phi) is 7.06. The quantitative estimate of drug-likeness (QED) is 0.258. The maximum atomic E-state index is 12.2. The van der Waals surface area contributed by atoms with Crippen LogP contribution in [0.1, 0.15) is 50.8 Å². The average molecular weight is 457 g/mol. The van der Waals surface area contributed by atoms with Gasteiger partial charge in [0.15, 0.2) is 0 Å². The molecule has 34 heavy (non-hydrogen) atoms. The highest BCUT2D eigenvalue weighted by Crippen LogP contribution is 2.37. The maximum Gasteiger partial charge on any atom is 0.350 e. The maximum absolute atomic E-state index is 12.2. The van der Waals surface area contributed by atoms with Crippen LogP contribution in [0.25, 0.3) is 16.7 Å². The summed E-state index contributed by atoms with van der Waals surface area (Å²) in [4.78, 5) is 12.2. The van der Waals surface area contributed by atoms with Gasteiger partial charge < -0.3 is 14.2 Å². The Labute approximate surface area is 202 Å². The van der Waals surface area contributed by atoms with Crippen LogP contribution in [0.15, 0.2) is 72.8 Å². The minimum atomic E-state index is -1.00. The van der Waals surface area contributed by atoms with Gasteiger partial charge in [-0.25, -0.2) is 4.79 Å². The molecule has 4 rings (SSSR count). The molecule has 0 bridgehead atoms. The molecule has 1 aliphatic rings. The second-order valence-electron chi connectivity index (χ2n) is 8.78. The third-order valence-electron chi connectivity index (χ3n) is 6.44. The molecule has 0 radical (unpaired) electrons. The zero-order chi connectivity index (χ0) is 24.1. The Balaban J connectivity index is 1.36. The molecule has 1 unspecified atom stereocenters. The van der Waals surface area contributed by atoms with Gasteiger partial charge in [-0.1, -0.05) is 49.4 Å². The smallest absolute Gasteiger partial charge is 0.350 e. The molecule has 176 valence electrons. The molecule has 0 N–H and O–H groups in total. The number of hydrogen-bond donors (Lipinski definition) is 0. The number of esters is 1. The molecule has 0 fully saturated rings. The van der Waals surface area contributed by atoms with E-state index in [2.05, 4.69) is 55.5 Å². The van der Waals surface area contributed by atoms with Crippen molar-refractivity contribution in [2.75, 3.05) is 13.2 Å². The molecule has 0 aromatic heterocycles. The average Bonchev–Trinajstić information content (AvgIpc) is 3.23. The molecule has 3 aromatic carbocycles. The van der Waals surface area contributed by atoms with Crippen LogP contribution in [0, 0.1) is 0 Å². The van der Waals surface area contributed by atoms with Gasteiger partial charge in [0.2, 0.25) is 5.60 Å². The summed E-state index contributed by atoms with van der Waals surface area (Å²) >= 11 is 0. The minimum Gasteiger partial charge on any atom is -0.490 e. The first kappa shape index (κ1) is 23.6. The Bertz CT molecular complexity index is 1190. The summed E-state index contributed by atoms with van der Waals surface area (Å²) in [5.74, 6) is 1.000. The molecule has 0 saturated carbocycles. The van der Waals surface area contributed by atoms with E-state index in [0.29, 0.717) is 25.4 Å². The van der Waals surface area contributed by atoms with Crippen LogP contribution < -0.4 is 9.47 Å². The summed E-state index contributed by atoms with van der Waals surface area (Å²) in [5.41, 5.74) is 6.87. The summed E-state index contributed by atoms with van der Waals surface area (Å²) < 4.78 is 17.0. The van der Waals surface area contributed by atoms with Gasteiger partial charge in [-0.2, -0.15) is 0 Å². The lowest BCUT2D eigenvalue weighted by molar-refractivity contribution is -0.160. The van der Waals surface area contributed by atoms with Crippen LogP contribution in [0.4, 0.5) is 0 Å². The second-order valence-corrected chi connectivity index (χ2v) is 8.78. The van der Waals surface area contributed by atoms with Crippen LogP contribution in [-0.2, 0) is 16.0 Å². The van der Waals surface area contributed by atoms with Crippen LogP contribution in [0.2, 0.25) is 0 Å². The number of hydrogen-bond acceptors (Lipinski definition) is 4. The van der Waals surface area contributed by atoms with Gasteiger partial charge >= 0.3 is 5.97 Å². The van der Waals surface area contributed by atoms with Crippen LogP contribution >= 0.6 is 0 Å². The predicted octanol–water partition coefficient (Wildman–Crippen LogP) is 6.85.